The Bertz CT molecular complexity index is 1940. The Morgan fingerprint density at radius 3 is 1.58 bits per heavy atom. The van der Waals surface area contributed by atoms with E-state index in [1.807, 2.05) is 12.1 Å². The van der Waals surface area contributed by atoms with Gasteiger partial charge in [-0.25, -0.2) is 14.4 Å². The molecule has 45 heavy (non-hydrogen) atoms. The largest absolute Gasteiger partial charge is 0.456 e. The van der Waals surface area contributed by atoms with Crippen molar-refractivity contribution in [2.75, 3.05) is 11.5 Å². The zero-order chi connectivity index (χ0) is 31.5. The molecule has 2 aliphatic rings. The number of hydrogen-bond donors (Lipinski definition) is 2. The molecule has 2 heterocycles. The molecule has 4 N–H and O–H groups in total. The Morgan fingerprint density at radius 2 is 1.09 bits per heavy atom. The first kappa shape index (κ1) is 27.7. The van der Waals surface area contributed by atoms with Crippen molar-refractivity contribution < 1.29 is 33.3 Å². The zero-order valence-electron chi connectivity index (χ0n) is 24.3. The van der Waals surface area contributed by atoms with Crippen LogP contribution in [0.25, 0.3) is 0 Å². The third kappa shape index (κ3) is 4.36. The monoisotopic (exact) mass is 598 g/mol. The van der Waals surface area contributed by atoms with Crippen LogP contribution in [-0.2, 0) is 10.3 Å². The van der Waals surface area contributed by atoms with Crippen molar-refractivity contribution in [1.29, 1.82) is 0 Å². The fourth-order valence-electron chi connectivity index (χ4n) is 5.81. The highest BCUT2D eigenvalue weighted by Crippen LogP contribution is 2.59. The molecule has 0 saturated heterocycles. The SMILES string of the molecule is Cc1c(OC(=O)c2ccc(N)cc2)ccc2c1Oc1c(ccc(OC(=O)c3ccc(N)cc3)c1C)C21OC(=O)c2ccccc21. The van der Waals surface area contributed by atoms with Gasteiger partial charge < -0.3 is 30.4 Å². The normalized spacial score (nSPS) is 13.6. The number of nitrogen functional groups attached to an aromatic ring is 2. The molecule has 0 bridgehead atoms. The first-order valence-electron chi connectivity index (χ1n) is 14.1. The predicted molar refractivity (Wildman–Crippen MR) is 166 cm³/mol. The molecule has 9 nitrogen and oxygen atoms in total. The van der Waals surface area contributed by atoms with Gasteiger partial charge in [0.05, 0.1) is 16.7 Å². The van der Waals surface area contributed by atoms with Crippen LogP contribution in [0.4, 0.5) is 11.4 Å². The standard InChI is InChI=1S/C36H26N2O7/c1-19-29(42-33(39)21-7-11-23(37)12-8-21)17-15-27-31(19)44-32-20(2)30(43-34(40)22-9-13-24(38)14-10-22)18-16-28(32)36(27)26-6-4-3-5-25(26)35(41)45-36/h3-18H,37-38H2,1-2H3. The Kier molecular flexibility index (Phi) is 6.33. The second-order valence-electron chi connectivity index (χ2n) is 10.9. The van der Waals surface area contributed by atoms with Gasteiger partial charge in [-0.2, -0.15) is 0 Å². The van der Waals surface area contributed by atoms with Crippen molar-refractivity contribution in [3.63, 3.8) is 0 Å². The predicted octanol–water partition coefficient (Wildman–Crippen LogP) is 6.47. The van der Waals surface area contributed by atoms with Crippen molar-refractivity contribution in [2.45, 2.75) is 19.4 Å². The fraction of sp³-hybridized carbons (Fsp3) is 0.0833. The quantitative estimate of drug-likeness (QED) is 0.135. The van der Waals surface area contributed by atoms with E-state index in [0.717, 1.165) is 0 Å². The van der Waals surface area contributed by atoms with Crippen LogP contribution in [0.15, 0.2) is 97.1 Å². The number of rotatable bonds is 4. The second-order valence-corrected chi connectivity index (χ2v) is 10.9. The van der Waals surface area contributed by atoms with E-state index in [4.69, 9.17) is 30.4 Å². The summed E-state index contributed by atoms with van der Waals surface area (Å²) in [4.78, 5) is 39.3. The highest BCUT2D eigenvalue weighted by atomic mass is 16.6. The number of fused-ring (bicyclic) bond motifs is 6. The Balaban J connectivity index is 1.35. The lowest BCUT2D eigenvalue weighted by Crippen LogP contribution is -2.33. The molecule has 5 aromatic rings. The third-order valence-corrected chi connectivity index (χ3v) is 8.15. The highest BCUT2D eigenvalue weighted by Gasteiger charge is 2.54. The first-order valence-corrected chi connectivity index (χ1v) is 14.1. The van der Waals surface area contributed by atoms with Crippen LogP contribution in [0.1, 0.15) is 58.9 Å². The minimum Gasteiger partial charge on any atom is -0.456 e. The van der Waals surface area contributed by atoms with E-state index >= 15 is 0 Å². The van der Waals surface area contributed by atoms with Gasteiger partial charge in [-0.3, -0.25) is 0 Å². The van der Waals surface area contributed by atoms with Crippen molar-refractivity contribution in [3.05, 3.63) is 142 Å². The molecule has 0 amide bonds. The minimum atomic E-state index is -1.37. The molecule has 9 heteroatoms. The summed E-state index contributed by atoms with van der Waals surface area (Å²) >= 11 is 0. The molecular formula is C36H26N2O7. The minimum absolute atomic E-state index is 0.260. The molecule has 0 radical (unpaired) electrons. The van der Waals surface area contributed by atoms with Crippen LogP contribution < -0.4 is 25.7 Å². The number of hydrogen-bond acceptors (Lipinski definition) is 9. The number of nitrogens with two attached hydrogens (primary N) is 2. The number of esters is 3. The Labute approximate surface area is 257 Å². The van der Waals surface area contributed by atoms with Crippen LogP contribution in [-0.4, -0.2) is 17.9 Å². The van der Waals surface area contributed by atoms with Gasteiger partial charge in [0, 0.05) is 39.2 Å². The van der Waals surface area contributed by atoms with Gasteiger partial charge in [0.25, 0.3) is 0 Å². The van der Waals surface area contributed by atoms with Crippen LogP contribution >= 0.6 is 0 Å². The second kappa shape index (κ2) is 10.3. The lowest BCUT2D eigenvalue weighted by molar-refractivity contribution is 0.0223. The Hall–Kier alpha value is -6.09. The highest BCUT2D eigenvalue weighted by molar-refractivity contribution is 5.97. The van der Waals surface area contributed by atoms with Crippen molar-refractivity contribution in [3.8, 4) is 23.0 Å². The number of carbonyl (C=O) groups excluding carboxylic acids is 3. The average molecular weight is 599 g/mol. The van der Waals surface area contributed by atoms with Gasteiger partial charge in [-0.15, -0.1) is 0 Å². The van der Waals surface area contributed by atoms with Gasteiger partial charge in [0.1, 0.15) is 23.0 Å². The molecule has 0 atom stereocenters. The molecule has 0 aliphatic carbocycles. The first-order chi connectivity index (χ1) is 21.7. The van der Waals surface area contributed by atoms with E-state index in [2.05, 4.69) is 0 Å². The summed E-state index contributed by atoms with van der Waals surface area (Å²) < 4.78 is 24.4. The molecule has 5 aromatic carbocycles. The average Bonchev–Trinajstić information content (AvgIpc) is 3.33. The van der Waals surface area contributed by atoms with Crippen LogP contribution in [0, 0.1) is 13.8 Å². The van der Waals surface area contributed by atoms with E-state index in [0.29, 0.717) is 67.4 Å². The lowest BCUT2D eigenvalue weighted by Gasteiger charge is -2.38. The van der Waals surface area contributed by atoms with Crippen molar-refractivity contribution >= 4 is 29.3 Å². The van der Waals surface area contributed by atoms with Crippen molar-refractivity contribution in [2.24, 2.45) is 0 Å². The maximum Gasteiger partial charge on any atom is 0.343 e. The van der Waals surface area contributed by atoms with Gasteiger partial charge in [0.2, 0.25) is 0 Å². The molecule has 7 rings (SSSR count). The fourth-order valence-corrected chi connectivity index (χ4v) is 5.81. The van der Waals surface area contributed by atoms with Gasteiger partial charge in [0.15, 0.2) is 5.60 Å². The summed E-state index contributed by atoms with van der Waals surface area (Å²) in [6, 6.07) is 26.7. The molecule has 0 fully saturated rings. The molecule has 2 aliphatic heterocycles. The summed E-state index contributed by atoms with van der Waals surface area (Å²) in [5, 5.41) is 0. The van der Waals surface area contributed by atoms with Crippen LogP contribution in [0.5, 0.6) is 23.0 Å². The number of anilines is 2. The number of carbonyl (C=O) groups is 3. The Morgan fingerprint density at radius 1 is 0.622 bits per heavy atom. The van der Waals surface area contributed by atoms with E-state index in [1.165, 1.54) is 0 Å². The lowest BCUT2D eigenvalue weighted by atomic mass is 9.76. The molecule has 0 saturated carbocycles. The number of benzene rings is 5. The molecule has 0 aromatic heterocycles. The summed E-state index contributed by atoms with van der Waals surface area (Å²) in [6.07, 6.45) is 0. The maximum absolute atomic E-state index is 13.3. The van der Waals surface area contributed by atoms with E-state index in [1.54, 1.807) is 98.8 Å². The molecule has 1 spiro atoms. The third-order valence-electron chi connectivity index (χ3n) is 8.15. The smallest absolute Gasteiger partial charge is 0.343 e. The molecule has 0 unspecified atom stereocenters. The summed E-state index contributed by atoms with van der Waals surface area (Å²) in [5.41, 5.74) is 15.0. The van der Waals surface area contributed by atoms with Gasteiger partial charge in [-0.05, 0) is 92.7 Å². The van der Waals surface area contributed by atoms with E-state index in [-0.39, 0.29) is 11.5 Å². The molecule has 222 valence electrons. The maximum atomic E-state index is 13.3. The van der Waals surface area contributed by atoms with Gasteiger partial charge >= 0.3 is 17.9 Å². The van der Waals surface area contributed by atoms with E-state index in [9.17, 15) is 14.4 Å². The summed E-state index contributed by atoms with van der Waals surface area (Å²) in [6.45, 7) is 3.51. The zero-order valence-corrected chi connectivity index (χ0v) is 24.3. The number of ether oxygens (including phenoxy) is 4. The van der Waals surface area contributed by atoms with Crippen LogP contribution in [0.2, 0.25) is 0 Å². The van der Waals surface area contributed by atoms with Crippen LogP contribution in [0.3, 0.4) is 0 Å². The van der Waals surface area contributed by atoms with Gasteiger partial charge in [-0.1, -0.05) is 18.2 Å². The van der Waals surface area contributed by atoms with E-state index < -0.39 is 23.5 Å². The molecular weight excluding hydrogens is 572 g/mol. The van der Waals surface area contributed by atoms with Crippen molar-refractivity contribution in [1.82, 2.24) is 0 Å². The summed E-state index contributed by atoms with van der Waals surface area (Å²) in [5.74, 6) is -0.424. The topological polar surface area (TPSA) is 140 Å². The summed E-state index contributed by atoms with van der Waals surface area (Å²) in [7, 11) is 0.